The minimum absolute atomic E-state index is 0.141. The predicted octanol–water partition coefficient (Wildman–Crippen LogP) is 0.409. The van der Waals surface area contributed by atoms with E-state index < -0.39 is 16.6 Å². The summed E-state index contributed by atoms with van der Waals surface area (Å²) in [6.45, 7) is 2.43. The molecule has 0 bridgehead atoms. The molecule has 0 saturated carbocycles. The molecule has 7 heteroatoms. The zero-order valence-corrected chi connectivity index (χ0v) is 12.6. The van der Waals surface area contributed by atoms with Crippen molar-refractivity contribution in [1.82, 2.24) is 4.31 Å². The second kappa shape index (κ2) is 6.54. The molecule has 1 fully saturated rings. The van der Waals surface area contributed by atoms with Crippen LogP contribution in [0.15, 0.2) is 23.1 Å². The average molecular weight is 310 g/mol. The van der Waals surface area contributed by atoms with Gasteiger partial charge >= 0.3 is 0 Å². The highest BCUT2D eigenvalue weighted by molar-refractivity contribution is 7.82. The minimum Gasteiger partial charge on any atom is -0.493 e. The quantitative estimate of drug-likeness (QED) is 0.821. The van der Waals surface area contributed by atoms with E-state index >= 15 is 0 Å². The van der Waals surface area contributed by atoms with Gasteiger partial charge in [0.1, 0.15) is 22.3 Å². The Kier molecular flexibility index (Phi) is 4.96. The van der Waals surface area contributed by atoms with Crippen molar-refractivity contribution in [2.75, 3.05) is 26.3 Å². The Balaban J connectivity index is 2.25. The van der Waals surface area contributed by atoms with Crippen molar-refractivity contribution in [2.24, 2.45) is 0 Å². The Morgan fingerprint density at radius 1 is 1.57 bits per heavy atom. The van der Waals surface area contributed by atoms with Crippen LogP contribution in [0.3, 0.4) is 0 Å². The van der Waals surface area contributed by atoms with E-state index in [0.717, 1.165) is 0 Å². The van der Waals surface area contributed by atoms with Crippen molar-refractivity contribution in [3.8, 4) is 11.8 Å². The van der Waals surface area contributed by atoms with Crippen LogP contribution in [-0.4, -0.2) is 50.6 Å². The van der Waals surface area contributed by atoms with Crippen molar-refractivity contribution in [3.05, 3.63) is 23.8 Å². The third kappa shape index (κ3) is 3.41. The second-order valence-corrected chi connectivity index (χ2v) is 6.41. The van der Waals surface area contributed by atoms with E-state index in [1.54, 1.807) is 22.5 Å². The molecular weight excluding hydrogens is 292 g/mol. The molecule has 2 N–H and O–H groups in total. The molecule has 1 aliphatic heterocycles. The van der Waals surface area contributed by atoms with Gasteiger partial charge in [0, 0.05) is 13.1 Å². The third-order valence-corrected chi connectivity index (χ3v) is 4.88. The van der Waals surface area contributed by atoms with Crippen LogP contribution in [-0.2, 0) is 11.0 Å². The minimum atomic E-state index is -1.50. The molecule has 1 heterocycles. The van der Waals surface area contributed by atoms with Crippen molar-refractivity contribution in [2.45, 2.75) is 23.8 Å². The summed E-state index contributed by atoms with van der Waals surface area (Å²) in [5.41, 5.74) is -0.763. The standard InChI is InChI=1S/C14H18N2O4S/c1-2-20-12-7-11(8-15)3-4-13(12)21(19)16-6-5-14(18,9-16)10-17/h3-4,7,17-18H,2,5-6,9-10H2,1H3. The highest BCUT2D eigenvalue weighted by Gasteiger charge is 2.38. The van der Waals surface area contributed by atoms with E-state index in [-0.39, 0.29) is 13.2 Å². The predicted molar refractivity (Wildman–Crippen MR) is 77.0 cm³/mol. The summed E-state index contributed by atoms with van der Waals surface area (Å²) in [6.07, 6.45) is 0.371. The van der Waals surface area contributed by atoms with Gasteiger partial charge in [-0.3, -0.25) is 0 Å². The summed E-state index contributed by atoms with van der Waals surface area (Å²) < 4.78 is 19.7. The Hall–Kier alpha value is -1.46. The fraction of sp³-hybridized carbons (Fsp3) is 0.500. The molecule has 0 spiro atoms. The van der Waals surface area contributed by atoms with E-state index in [4.69, 9.17) is 15.1 Å². The fourth-order valence-corrected chi connectivity index (χ4v) is 3.59. The summed E-state index contributed by atoms with van der Waals surface area (Å²) in [7, 11) is -1.50. The number of β-amino-alcohol motifs (C(OH)–C–C–N with tert-alkyl or cyclic N) is 1. The molecule has 1 aromatic carbocycles. The van der Waals surface area contributed by atoms with E-state index in [0.29, 0.717) is 35.8 Å². The normalized spacial score (nSPS) is 23.7. The van der Waals surface area contributed by atoms with Crippen LogP contribution >= 0.6 is 0 Å². The van der Waals surface area contributed by atoms with Crippen LogP contribution in [0.1, 0.15) is 18.9 Å². The highest BCUT2D eigenvalue weighted by atomic mass is 32.2. The maximum Gasteiger partial charge on any atom is 0.138 e. The van der Waals surface area contributed by atoms with Gasteiger partial charge < -0.3 is 14.9 Å². The molecule has 0 aliphatic carbocycles. The molecule has 2 atom stereocenters. The van der Waals surface area contributed by atoms with E-state index in [9.17, 15) is 9.32 Å². The van der Waals surface area contributed by atoms with Gasteiger partial charge in [0.15, 0.2) is 0 Å². The third-order valence-electron chi connectivity index (χ3n) is 3.39. The lowest BCUT2D eigenvalue weighted by Gasteiger charge is -2.21. The molecular formula is C14H18N2O4S. The van der Waals surface area contributed by atoms with Gasteiger partial charge in [0.05, 0.1) is 29.7 Å². The first kappa shape index (κ1) is 15.9. The van der Waals surface area contributed by atoms with E-state index in [1.807, 2.05) is 13.0 Å². The summed E-state index contributed by atoms with van der Waals surface area (Å²) in [5.74, 6) is 0.411. The van der Waals surface area contributed by atoms with Gasteiger partial charge in [-0.05, 0) is 31.5 Å². The number of nitriles is 1. The first-order valence-corrected chi connectivity index (χ1v) is 7.80. The molecule has 1 aliphatic rings. The molecule has 2 rings (SSSR count). The topological polar surface area (TPSA) is 93.8 Å². The van der Waals surface area contributed by atoms with Crippen molar-refractivity contribution in [3.63, 3.8) is 0 Å². The smallest absolute Gasteiger partial charge is 0.138 e. The van der Waals surface area contributed by atoms with E-state index in [1.165, 1.54) is 0 Å². The Morgan fingerprint density at radius 3 is 2.90 bits per heavy atom. The van der Waals surface area contributed by atoms with Gasteiger partial charge in [-0.25, -0.2) is 8.51 Å². The summed E-state index contributed by atoms with van der Waals surface area (Å²) in [6, 6.07) is 6.77. The lowest BCUT2D eigenvalue weighted by Crippen LogP contribution is -2.37. The largest absolute Gasteiger partial charge is 0.493 e. The van der Waals surface area contributed by atoms with Gasteiger partial charge in [-0.2, -0.15) is 5.26 Å². The first-order chi connectivity index (χ1) is 10.0. The van der Waals surface area contributed by atoms with Crippen molar-refractivity contribution >= 4 is 11.0 Å². The maximum absolute atomic E-state index is 12.6. The number of aliphatic hydroxyl groups excluding tert-OH is 1. The molecule has 21 heavy (non-hydrogen) atoms. The zero-order chi connectivity index (χ0) is 15.5. The second-order valence-electron chi connectivity index (χ2n) is 4.95. The molecule has 6 nitrogen and oxygen atoms in total. The van der Waals surface area contributed by atoms with Gasteiger partial charge in [0.25, 0.3) is 0 Å². The number of ether oxygens (including phenoxy) is 1. The molecule has 1 saturated heterocycles. The van der Waals surface area contributed by atoms with Crippen LogP contribution in [0.2, 0.25) is 0 Å². The number of hydrogen-bond acceptors (Lipinski definition) is 5. The number of benzene rings is 1. The maximum atomic E-state index is 12.6. The molecule has 1 aromatic rings. The lowest BCUT2D eigenvalue weighted by molar-refractivity contribution is -0.000508. The summed E-state index contributed by atoms with van der Waals surface area (Å²) in [5, 5.41) is 28.1. The highest BCUT2D eigenvalue weighted by Crippen LogP contribution is 2.30. The molecule has 0 radical (unpaired) electrons. The number of hydrogen-bond donors (Lipinski definition) is 2. The van der Waals surface area contributed by atoms with Crippen molar-refractivity contribution < 1.29 is 19.2 Å². The van der Waals surface area contributed by atoms with Crippen molar-refractivity contribution in [1.29, 1.82) is 5.26 Å². The Labute approximate surface area is 126 Å². The van der Waals surface area contributed by atoms with E-state index in [2.05, 4.69) is 0 Å². The SMILES string of the molecule is CCOc1cc(C#N)ccc1S(=O)N1CCC(O)(CO)C1. The average Bonchev–Trinajstić information content (AvgIpc) is 2.90. The van der Waals surface area contributed by atoms with Crippen LogP contribution in [0.25, 0.3) is 0 Å². The lowest BCUT2D eigenvalue weighted by atomic mass is 10.1. The van der Waals surface area contributed by atoms with Gasteiger partial charge in [0.2, 0.25) is 0 Å². The number of aliphatic hydroxyl groups is 2. The molecule has 2 unspecified atom stereocenters. The Morgan fingerprint density at radius 2 is 2.33 bits per heavy atom. The summed E-state index contributed by atoms with van der Waals surface area (Å²) >= 11 is 0. The molecule has 0 amide bonds. The van der Waals surface area contributed by atoms with Crippen LogP contribution in [0.5, 0.6) is 5.75 Å². The summed E-state index contributed by atoms with van der Waals surface area (Å²) in [4.78, 5) is 0.470. The molecule has 114 valence electrons. The molecule has 0 aromatic heterocycles. The number of rotatable bonds is 5. The van der Waals surface area contributed by atoms with Crippen LogP contribution in [0, 0.1) is 11.3 Å². The Bertz CT molecular complexity index is 587. The fourth-order valence-electron chi connectivity index (χ4n) is 2.22. The zero-order valence-electron chi connectivity index (χ0n) is 11.8. The van der Waals surface area contributed by atoms with Crippen LogP contribution in [0.4, 0.5) is 0 Å². The van der Waals surface area contributed by atoms with Gasteiger partial charge in [-0.1, -0.05) is 0 Å². The number of nitrogens with zero attached hydrogens (tertiary/aromatic N) is 2. The monoisotopic (exact) mass is 310 g/mol. The van der Waals surface area contributed by atoms with Gasteiger partial charge in [-0.15, -0.1) is 0 Å². The first-order valence-electron chi connectivity index (χ1n) is 6.70. The van der Waals surface area contributed by atoms with Crippen LogP contribution < -0.4 is 4.74 Å².